The van der Waals surface area contributed by atoms with Crippen LogP contribution in [0.4, 0.5) is 0 Å². The quantitative estimate of drug-likeness (QED) is 0.745. The molecule has 0 N–H and O–H groups in total. The zero-order valence-electron chi connectivity index (χ0n) is 14.4. The van der Waals surface area contributed by atoms with Crippen LogP contribution < -0.4 is 9.47 Å². The van der Waals surface area contributed by atoms with Crippen LogP contribution in [0.3, 0.4) is 0 Å². The van der Waals surface area contributed by atoms with Crippen LogP contribution in [0.2, 0.25) is 0 Å². The molecule has 1 aliphatic carbocycles. The molecular weight excluding hydrogens is 318 g/mol. The molecule has 3 aliphatic rings. The number of allylic oxidation sites excluding steroid dienone is 3. The average molecular weight is 341 g/mol. The molecule has 4 heteroatoms. The molecule has 0 saturated carbocycles. The zero-order chi connectivity index (χ0) is 16.7. The van der Waals surface area contributed by atoms with Crippen LogP contribution in [-0.4, -0.2) is 29.9 Å². The molecule has 2 heterocycles. The number of aliphatic imine (C=N–C) groups is 1. The lowest BCUT2D eigenvalue weighted by molar-refractivity contribution is 0.355. The third-order valence-corrected chi connectivity index (χ3v) is 7.08. The van der Waals surface area contributed by atoms with Crippen LogP contribution in [0, 0.1) is 5.92 Å². The summed E-state index contributed by atoms with van der Waals surface area (Å²) in [6.07, 6.45) is 9.99. The number of hydrogen-bond donors (Lipinski definition) is 0. The largest absolute Gasteiger partial charge is 0.493 e. The molecule has 3 nitrogen and oxygen atoms in total. The average Bonchev–Trinajstić information content (AvgIpc) is 2.95. The summed E-state index contributed by atoms with van der Waals surface area (Å²) < 4.78 is 11.0. The maximum atomic E-state index is 5.50. The molecule has 0 amide bonds. The Morgan fingerprint density at radius 3 is 2.79 bits per heavy atom. The van der Waals surface area contributed by atoms with Gasteiger partial charge in [0.1, 0.15) is 0 Å². The Balaban J connectivity index is 1.79. The van der Waals surface area contributed by atoms with Crippen molar-refractivity contribution in [2.24, 2.45) is 10.9 Å². The van der Waals surface area contributed by atoms with E-state index in [1.165, 1.54) is 23.3 Å². The summed E-state index contributed by atoms with van der Waals surface area (Å²) in [5.74, 6) is 2.07. The molecule has 3 unspecified atom stereocenters. The van der Waals surface area contributed by atoms with Gasteiger partial charge in [0.05, 0.1) is 19.0 Å². The fourth-order valence-corrected chi connectivity index (χ4v) is 6.14. The predicted octanol–water partition coefficient (Wildman–Crippen LogP) is 4.73. The lowest BCUT2D eigenvalue weighted by Gasteiger charge is -2.40. The van der Waals surface area contributed by atoms with Gasteiger partial charge >= 0.3 is 0 Å². The summed E-state index contributed by atoms with van der Waals surface area (Å²) in [7, 11) is 3.36. The van der Waals surface area contributed by atoms with E-state index in [1.807, 2.05) is 6.07 Å². The minimum absolute atomic E-state index is 0.158. The molecule has 0 bridgehead atoms. The van der Waals surface area contributed by atoms with Gasteiger partial charge in [-0.05, 0) is 36.1 Å². The molecule has 4 rings (SSSR count). The first kappa shape index (κ1) is 15.8. The molecule has 0 aromatic heterocycles. The fraction of sp³-hybridized carbons (Fsp3) is 0.450. The van der Waals surface area contributed by atoms with E-state index >= 15 is 0 Å². The number of hydrogen-bond acceptors (Lipinski definition) is 4. The van der Waals surface area contributed by atoms with E-state index in [4.69, 9.17) is 14.5 Å². The second-order valence-electron chi connectivity index (χ2n) is 6.72. The van der Waals surface area contributed by atoms with Crippen LogP contribution in [0.25, 0.3) is 5.57 Å². The first-order chi connectivity index (χ1) is 11.7. The van der Waals surface area contributed by atoms with E-state index in [1.54, 1.807) is 14.2 Å². The van der Waals surface area contributed by atoms with Gasteiger partial charge in [-0.2, -0.15) is 0 Å². The van der Waals surface area contributed by atoms with Gasteiger partial charge in [-0.25, -0.2) is 0 Å². The molecule has 1 aromatic carbocycles. The molecule has 1 aromatic rings. The Kier molecular flexibility index (Phi) is 3.95. The highest BCUT2D eigenvalue weighted by atomic mass is 32.2. The Labute approximate surface area is 147 Å². The van der Waals surface area contributed by atoms with Gasteiger partial charge < -0.3 is 9.47 Å². The Bertz CT molecular complexity index is 752. The Morgan fingerprint density at radius 2 is 2.00 bits per heavy atom. The van der Waals surface area contributed by atoms with Crippen molar-refractivity contribution in [1.82, 2.24) is 0 Å². The molecule has 1 saturated heterocycles. The number of benzene rings is 1. The number of ether oxygens (including phenoxy) is 2. The summed E-state index contributed by atoms with van der Waals surface area (Å²) in [6, 6.07) is 6.21. The van der Waals surface area contributed by atoms with Gasteiger partial charge in [-0.15, -0.1) is 11.8 Å². The van der Waals surface area contributed by atoms with Crippen molar-refractivity contribution < 1.29 is 9.47 Å². The second-order valence-corrected chi connectivity index (χ2v) is 8.48. The van der Waals surface area contributed by atoms with E-state index in [0.717, 1.165) is 24.3 Å². The lowest BCUT2D eigenvalue weighted by Crippen LogP contribution is -2.42. The van der Waals surface area contributed by atoms with Crippen molar-refractivity contribution in [3.05, 3.63) is 42.1 Å². The summed E-state index contributed by atoms with van der Waals surface area (Å²) >= 11 is 2.12. The smallest absolute Gasteiger partial charge is 0.161 e. The van der Waals surface area contributed by atoms with Crippen LogP contribution >= 0.6 is 11.8 Å². The highest BCUT2D eigenvalue weighted by Gasteiger charge is 2.52. The van der Waals surface area contributed by atoms with Crippen LogP contribution in [-0.2, 0) is 0 Å². The van der Waals surface area contributed by atoms with Crippen molar-refractivity contribution in [1.29, 1.82) is 0 Å². The standard InChI is InChI=1S/C20H23NO2S/c1-13-10-16-15(14-7-8-17(22-2)18(11-14)23-3)12-21-19-6-4-5-9-20(16,19)24-13/h4-5,7-8,11-13,16H,6,9-10H2,1-3H3. The maximum absolute atomic E-state index is 5.50. The van der Waals surface area contributed by atoms with Crippen molar-refractivity contribution in [3.63, 3.8) is 0 Å². The summed E-state index contributed by atoms with van der Waals surface area (Å²) in [5.41, 5.74) is 3.89. The zero-order valence-corrected chi connectivity index (χ0v) is 15.2. The van der Waals surface area contributed by atoms with Crippen molar-refractivity contribution in [2.45, 2.75) is 36.2 Å². The first-order valence-corrected chi connectivity index (χ1v) is 9.38. The monoisotopic (exact) mass is 341 g/mol. The van der Waals surface area contributed by atoms with E-state index in [9.17, 15) is 0 Å². The normalized spacial score (nSPS) is 31.0. The van der Waals surface area contributed by atoms with Crippen molar-refractivity contribution >= 4 is 23.0 Å². The summed E-state index contributed by atoms with van der Waals surface area (Å²) in [6.45, 7) is 2.35. The third kappa shape index (κ3) is 2.31. The maximum Gasteiger partial charge on any atom is 0.161 e. The number of thioether (sulfide) groups is 1. The van der Waals surface area contributed by atoms with Crippen LogP contribution in [0.1, 0.15) is 31.7 Å². The first-order valence-electron chi connectivity index (χ1n) is 8.50. The molecule has 1 spiro atoms. The SMILES string of the molecule is COc1ccc(C2=CN=C3CC=CCC34SC(C)CC24)cc1OC. The van der Waals surface area contributed by atoms with Gasteiger partial charge in [0, 0.05) is 29.5 Å². The highest BCUT2D eigenvalue weighted by molar-refractivity contribution is 8.02. The topological polar surface area (TPSA) is 30.8 Å². The van der Waals surface area contributed by atoms with Crippen molar-refractivity contribution in [3.8, 4) is 11.5 Å². The molecule has 1 fully saturated rings. The van der Waals surface area contributed by atoms with Crippen LogP contribution in [0.5, 0.6) is 11.5 Å². The molecule has 24 heavy (non-hydrogen) atoms. The van der Waals surface area contributed by atoms with E-state index < -0.39 is 0 Å². The number of methoxy groups -OCH3 is 2. The minimum atomic E-state index is 0.158. The van der Waals surface area contributed by atoms with E-state index in [0.29, 0.717) is 11.2 Å². The Morgan fingerprint density at radius 1 is 1.17 bits per heavy atom. The van der Waals surface area contributed by atoms with Gasteiger partial charge in [0.2, 0.25) is 0 Å². The van der Waals surface area contributed by atoms with Gasteiger partial charge in [0.25, 0.3) is 0 Å². The lowest BCUT2D eigenvalue weighted by atomic mass is 9.72. The minimum Gasteiger partial charge on any atom is -0.493 e. The second kappa shape index (κ2) is 5.99. The van der Waals surface area contributed by atoms with Gasteiger partial charge in [-0.3, -0.25) is 4.99 Å². The number of nitrogens with zero attached hydrogens (tertiary/aromatic N) is 1. The van der Waals surface area contributed by atoms with E-state index in [2.05, 4.69) is 49.2 Å². The highest BCUT2D eigenvalue weighted by Crippen LogP contribution is 2.58. The van der Waals surface area contributed by atoms with Gasteiger partial charge in [-0.1, -0.05) is 25.1 Å². The molecule has 0 radical (unpaired) electrons. The van der Waals surface area contributed by atoms with Crippen molar-refractivity contribution in [2.75, 3.05) is 14.2 Å². The summed E-state index contributed by atoms with van der Waals surface area (Å²) in [4.78, 5) is 4.89. The fourth-order valence-electron chi connectivity index (χ4n) is 4.28. The molecule has 126 valence electrons. The predicted molar refractivity (Wildman–Crippen MR) is 101 cm³/mol. The molecular formula is C20H23NO2S. The Hall–Kier alpha value is -1.68. The van der Waals surface area contributed by atoms with Gasteiger partial charge in [0.15, 0.2) is 11.5 Å². The van der Waals surface area contributed by atoms with E-state index in [-0.39, 0.29) is 4.75 Å². The molecule has 2 aliphatic heterocycles. The summed E-state index contributed by atoms with van der Waals surface area (Å²) in [5, 5.41) is 0.661. The third-order valence-electron chi connectivity index (χ3n) is 5.38. The molecule has 3 atom stereocenters. The van der Waals surface area contributed by atoms with Crippen LogP contribution in [0.15, 0.2) is 41.5 Å². The number of rotatable bonds is 3.